The molecule has 0 atom stereocenters. The molecule has 2 aromatic heterocycles. The number of nitro groups is 1. The van der Waals surface area contributed by atoms with E-state index in [0.717, 1.165) is 43.0 Å². The predicted molar refractivity (Wildman–Crippen MR) is 151 cm³/mol. The van der Waals surface area contributed by atoms with Crippen molar-refractivity contribution in [2.75, 3.05) is 5.75 Å². The van der Waals surface area contributed by atoms with Gasteiger partial charge in [-0.05, 0) is 80.1 Å². The second-order valence-electron chi connectivity index (χ2n) is 8.73. The number of aromatic nitrogens is 2. The van der Waals surface area contributed by atoms with Gasteiger partial charge in [0.25, 0.3) is 17.2 Å². The summed E-state index contributed by atoms with van der Waals surface area (Å²) in [6.07, 6.45) is 3.98. The van der Waals surface area contributed by atoms with Crippen molar-refractivity contribution in [1.82, 2.24) is 15.0 Å². The lowest BCUT2D eigenvalue weighted by Crippen LogP contribution is -2.24. The number of amides is 1. The monoisotopic (exact) mass is 567 g/mol. The van der Waals surface area contributed by atoms with Crippen molar-refractivity contribution in [3.8, 4) is 5.69 Å². The minimum atomic E-state index is -0.477. The van der Waals surface area contributed by atoms with Crippen molar-refractivity contribution in [3.05, 3.63) is 90.0 Å². The number of hydrazone groups is 1. The van der Waals surface area contributed by atoms with Gasteiger partial charge < -0.3 is 0 Å². The van der Waals surface area contributed by atoms with Crippen LogP contribution in [0.15, 0.2) is 63.6 Å². The minimum absolute atomic E-state index is 0.0202. The van der Waals surface area contributed by atoms with Crippen LogP contribution < -0.4 is 11.0 Å². The Morgan fingerprint density at radius 2 is 1.89 bits per heavy atom. The smallest absolute Gasteiger partial charge is 0.269 e. The van der Waals surface area contributed by atoms with Gasteiger partial charge in [-0.25, -0.2) is 10.4 Å². The number of hydrogen-bond donors (Lipinski definition) is 1. The Kier molecular flexibility index (Phi) is 7.59. The lowest BCUT2D eigenvalue weighted by Gasteiger charge is -2.13. The van der Waals surface area contributed by atoms with Crippen molar-refractivity contribution < 1.29 is 9.72 Å². The van der Waals surface area contributed by atoms with Crippen molar-refractivity contribution in [2.24, 2.45) is 5.10 Å². The van der Waals surface area contributed by atoms with Gasteiger partial charge in [-0.2, -0.15) is 5.10 Å². The number of aryl methyl sites for hydroxylation is 2. The van der Waals surface area contributed by atoms with Crippen molar-refractivity contribution in [3.63, 3.8) is 0 Å². The van der Waals surface area contributed by atoms with Crippen LogP contribution in [-0.2, 0) is 17.6 Å². The average molecular weight is 568 g/mol. The SMILES string of the molecule is CC(=NNC(=O)CSc1nc2sc3c(c2c(=O)n1-c1ccc(Cl)cc1)CCCC3)c1ccc([N+](=O)[O-])cc1. The number of carbonyl (C=O) groups excluding carboxylic acids is 1. The number of hydrogen-bond acceptors (Lipinski definition) is 8. The van der Waals surface area contributed by atoms with E-state index in [2.05, 4.69) is 10.5 Å². The Morgan fingerprint density at radius 3 is 2.61 bits per heavy atom. The fourth-order valence-corrected chi connectivity index (χ4v) is 6.53. The van der Waals surface area contributed by atoms with Gasteiger partial charge in [0.1, 0.15) is 4.83 Å². The molecule has 1 aliphatic carbocycles. The Hall–Kier alpha value is -3.54. The lowest BCUT2D eigenvalue weighted by molar-refractivity contribution is -0.384. The van der Waals surface area contributed by atoms with Gasteiger partial charge in [-0.3, -0.25) is 24.3 Å². The Bertz CT molecular complexity index is 1630. The first-order valence-corrected chi connectivity index (χ1v) is 14.0. The third kappa shape index (κ3) is 5.35. The fraction of sp³-hybridized carbons (Fsp3) is 0.231. The maximum Gasteiger partial charge on any atom is 0.269 e. The molecular formula is C26H22ClN5O4S2. The summed E-state index contributed by atoms with van der Waals surface area (Å²) in [5.41, 5.74) is 5.21. The van der Waals surface area contributed by atoms with Crippen LogP contribution in [0.5, 0.6) is 0 Å². The summed E-state index contributed by atoms with van der Waals surface area (Å²) in [5.74, 6) is -0.396. The van der Waals surface area contributed by atoms with Crippen LogP contribution in [-0.4, -0.2) is 31.8 Å². The van der Waals surface area contributed by atoms with Crippen LogP contribution in [0.4, 0.5) is 5.69 Å². The highest BCUT2D eigenvalue weighted by molar-refractivity contribution is 7.99. The van der Waals surface area contributed by atoms with E-state index in [4.69, 9.17) is 16.6 Å². The van der Waals surface area contributed by atoms with Crippen molar-refractivity contribution >= 4 is 62.2 Å². The molecule has 38 heavy (non-hydrogen) atoms. The highest BCUT2D eigenvalue weighted by atomic mass is 35.5. The molecule has 1 aliphatic rings. The summed E-state index contributed by atoms with van der Waals surface area (Å²) >= 11 is 8.79. The second kappa shape index (κ2) is 11.1. The zero-order chi connectivity index (χ0) is 26.8. The molecule has 0 unspecified atom stereocenters. The molecule has 0 spiro atoms. The van der Waals surface area contributed by atoms with Gasteiger partial charge in [0.05, 0.1) is 27.5 Å². The quantitative estimate of drug-likeness (QED) is 0.103. The predicted octanol–water partition coefficient (Wildman–Crippen LogP) is 5.52. The molecule has 2 aromatic carbocycles. The summed E-state index contributed by atoms with van der Waals surface area (Å²) in [6.45, 7) is 1.70. The van der Waals surface area contributed by atoms with E-state index in [1.165, 1.54) is 17.0 Å². The molecular weight excluding hydrogens is 546 g/mol. The number of nitrogens with zero attached hydrogens (tertiary/aromatic N) is 4. The summed E-state index contributed by atoms with van der Waals surface area (Å²) in [5, 5.41) is 16.6. The van der Waals surface area contributed by atoms with Crippen LogP contribution in [0.3, 0.4) is 0 Å². The van der Waals surface area contributed by atoms with E-state index in [0.29, 0.717) is 37.4 Å². The van der Waals surface area contributed by atoms with Gasteiger partial charge in [0.2, 0.25) is 0 Å². The van der Waals surface area contributed by atoms with Crippen LogP contribution >= 0.6 is 34.7 Å². The maximum atomic E-state index is 13.8. The number of fused-ring (bicyclic) bond motifs is 3. The number of nitrogens with one attached hydrogen (secondary N) is 1. The largest absolute Gasteiger partial charge is 0.272 e. The van der Waals surface area contributed by atoms with Gasteiger partial charge >= 0.3 is 0 Å². The van der Waals surface area contributed by atoms with Crippen molar-refractivity contribution in [2.45, 2.75) is 37.8 Å². The minimum Gasteiger partial charge on any atom is -0.272 e. The molecule has 2 heterocycles. The van der Waals surface area contributed by atoms with E-state index in [-0.39, 0.29) is 22.9 Å². The first-order valence-electron chi connectivity index (χ1n) is 11.9. The van der Waals surface area contributed by atoms with Crippen LogP contribution in [0.2, 0.25) is 5.02 Å². The molecule has 1 amide bonds. The highest BCUT2D eigenvalue weighted by Crippen LogP contribution is 2.35. The van der Waals surface area contributed by atoms with Gasteiger partial charge in [0, 0.05) is 22.0 Å². The zero-order valence-corrected chi connectivity index (χ0v) is 22.7. The first kappa shape index (κ1) is 26.1. The third-order valence-electron chi connectivity index (χ3n) is 6.22. The standard InChI is InChI=1S/C26H22ClN5O4S2/c1-15(16-6-10-19(11-7-16)32(35)36)29-30-22(33)14-37-26-28-24-23(20-4-2-3-5-21(20)38-24)25(34)31(26)18-12-8-17(27)9-13-18/h6-13H,2-5,14H2,1H3,(H,30,33). The Morgan fingerprint density at radius 1 is 1.18 bits per heavy atom. The molecule has 0 saturated heterocycles. The molecule has 0 fully saturated rings. The van der Waals surface area contributed by atoms with Crippen molar-refractivity contribution in [1.29, 1.82) is 0 Å². The normalized spacial score (nSPS) is 13.4. The topological polar surface area (TPSA) is 119 Å². The number of halogens is 1. The molecule has 0 bridgehead atoms. The molecule has 1 N–H and O–H groups in total. The van der Waals surface area contributed by atoms with Crippen LogP contribution in [0.25, 0.3) is 15.9 Å². The molecule has 5 rings (SSSR count). The molecule has 12 heteroatoms. The number of nitro benzene ring substituents is 1. The second-order valence-corrected chi connectivity index (χ2v) is 11.2. The number of benzene rings is 2. The third-order valence-corrected chi connectivity index (χ3v) is 8.60. The molecule has 0 radical (unpaired) electrons. The number of non-ortho nitro benzene ring substituents is 1. The molecule has 0 aliphatic heterocycles. The number of thiophene rings is 1. The summed E-state index contributed by atoms with van der Waals surface area (Å²) in [6, 6.07) is 12.9. The van der Waals surface area contributed by atoms with E-state index < -0.39 is 4.92 Å². The van der Waals surface area contributed by atoms with Crippen LogP contribution in [0.1, 0.15) is 35.8 Å². The Balaban J connectivity index is 1.40. The van der Waals surface area contributed by atoms with E-state index in [1.807, 2.05) is 0 Å². The number of rotatable bonds is 7. The summed E-state index contributed by atoms with van der Waals surface area (Å²) in [7, 11) is 0. The molecule has 4 aromatic rings. The maximum absolute atomic E-state index is 13.8. The van der Waals surface area contributed by atoms with E-state index in [9.17, 15) is 19.7 Å². The van der Waals surface area contributed by atoms with Gasteiger partial charge in [0.15, 0.2) is 5.16 Å². The number of thioether (sulfide) groups is 1. The summed E-state index contributed by atoms with van der Waals surface area (Å²) in [4.78, 5) is 43.5. The summed E-state index contributed by atoms with van der Waals surface area (Å²) < 4.78 is 1.55. The molecule has 0 saturated carbocycles. The van der Waals surface area contributed by atoms with Crippen LogP contribution in [0, 0.1) is 10.1 Å². The Labute approximate surface area is 230 Å². The molecule has 9 nitrogen and oxygen atoms in total. The molecule has 194 valence electrons. The average Bonchev–Trinajstić information content (AvgIpc) is 3.30. The zero-order valence-electron chi connectivity index (χ0n) is 20.3. The fourth-order valence-electron chi connectivity index (χ4n) is 4.30. The lowest BCUT2D eigenvalue weighted by atomic mass is 9.97. The van der Waals surface area contributed by atoms with E-state index >= 15 is 0 Å². The van der Waals surface area contributed by atoms with Gasteiger partial charge in [-0.1, -0.05) is 23.4 Å². The highest BCUT2D eigenvalue weighted by Gasteiger charge is 2.23. The van der Waals surface area contributed by atoms with Gasteiger partial charge in [-0.15, -0.1) is 11.3 Å². The first-order chi connectivity index (χ1) is 18.3. The van der Waals surface area contributed by atoms with E-state index in [1.54, 1.807) is 59.2 Å². The number of carbonyl (C=O) groups is 1.